The van der Waals surface area contributed by atoms with Crippen molar-refractivity contribution in [2.45, 2.75) is 19.4 Å². The molecule has 0 N–H and O–H groups in total. The average molecular weight is 520 g/mol. The van der Waals surface area contributed by atoms with Crippen LogP contribution in [0.25, 0.3) is 10.9 Å². The van der Waals surface area contributed by atoms with Crippen LogP contribution in [0.3, 0.4) is 0 Å². The van der Waals surface area contributed by atoms with E-state index in [4.69, 9.17) is 9.47 Å². The summed E-state index contributed by atoms with van der Waals surface area (Å²) in [5.74, 6) is -2.45. The summed E-state index contributed by atoms with van der Waals surface area (Å²) in [6.07, 6.45) is 0.477. The standard InChI is InChI=1S/C26H21FN2O6.2Na/c1-34-18-4-2-3-15(13-18)7-12-21(30)24-28-20-11-10-19(27)23(22(20)25(31)29-24)35-14-16-5-8-17(9-6-16)26(32)33;;/h2-6,8-11,13H,7,12,14H2,1H3,(H2,28,29,31,32,33);;/q;2*+1/p-2. The van der Waals surface area contributed by atoms with Crippen LogP contribution in [0.15, 0.2) is 65.5 Å². The summed E-state index contributed by atoms with van der Waals surface area (Å²) in [5.41, 5.74) is 0.666. The molecule has 0 amide bonds. The van der Waals surface area contributed by atoms with Crippen molar-refractivity contribution in [1.29, 1.82) is 0 Å². The molecular formula is C26H19FN2Na2O6. The summed E-state index contributed by atoms with van der Waals surface area (Å²) in [5, 5.41) is 10.7. The van der Waals surface area contributed by atoms with E-state index in [1.165, 1.54) is 30.3 Å². The predicted octanol–water partition coefficient (Wildman–Crippen LogP) is -3.53. The summed E-state index contributed by atoms with van der Waals surface area (Å²) < 4.78 is 25.2. The number of rotatable bonds is 9. The first-order valence-corrected chi connectivity index (χ1v) is 10.6. The van der Waals surface area contributed by atoms with Crippen LogP contribution in [0, 0.1) is 5.82 Å². The van der Waals surface area contributed by atoms with Gasteiger partial charge in [0.25, 0.3) is 0 Å². The minimum Gasteiger partial charge on any atom is -0.545 e. The van der Waals surface area contributed by atoms with Gasteiger partial charge in [-0.05, 0) is 52.7 Å². The molecule has 0 aliphatic rings. The Bertz CT molecular complexity index is 1470. The largest absolute Gasteiger partial charge is 1.00 e. The first kappa shape index (κ1) is 30.7. The van der Waals surface area contributed by atoms with E-state index in [9.17, 15) is 23.9 Å². The van der Waals surface area contributed by atoms with E-state index in [2.05, 4.69) is 9.97 Å². The van der Waals surface area contributed by atoms with Crippen molar-refractivity contribution in [3.05, 3.63) is 99.3 Å². The number of carbonyl (C=O) groups excluding carboxylic acids is 2. The molecule has 37 heavy (non-hydrogen) atoms. The van der Waals surface area contributed by atoms with Gasteiger partial charge in [-0.15, -0.1) is 0 Å². The van der Waals surface area contributed by atoms with E-state index in [-0.39, 0.29) is 100 Å². The molecule has 0 spiro atoms. The number of nitrogens with zero attached hydrogens (tertiary/aromatic N) is 2. The number of methoxy groups -OCH3 is 1. The van der Waals surface area contributed by atoms with Gasteiger partial charge in [0, 0.05) is 6.42 Å². The maximum Gasteiger partial charge on any atom is 1.00 e. The Hall–Kier alpha value is -2.53. The van der Waals surface area contributed by atoms with Crippen molar-refractivity contribution in [3.63, 3.8) is 0 Å². The number of benzene rings is 3. The fourth-order valence-corrected chi connectivity index (χ4v) is 3.49. The van der Waals surface area contributed by atoms with Gasteiger partial charge in [0.15, 0.2) is 22.9 Å². The third kappa shape index (κ3) is 7.50. The number of carboxylic acids is 1. The van der Waals surface area contributed by atoms with Gasteiger partial charge >= 0.3 is 59.1 Å². The average Bonchev–Trinajstić information content (AvgIpc) is 2.87. The van der Waals surface area contributed by atoms with Crippen LogP contribution in [0.1, 0.15) is 38.5 Å². The van der Waals surface area contributed by atoms with Gasteiger partial charge in [0.1, 0.15) is 12.4 Å². The Morgan fingerprint density at radius 1 is 1.03 bits per heavy atom. The first-order chi connectivity index (χ1) is 16.9. The molecule has 0 atom stereocenters. The number of halogens is 1. The van der Waals surface area contributed by atoms with Gasteiger partial charge in [0.2, 0.25) is 0 Å². The molecule has 1 heterocycles. The minimum absolute atomic E-state index is 0. The van der Waals surface area contributed by atoms with Crippen LogP contribution in [-0.4, -0.2) is 23.8 Å². The van der Waals surface area contributed by atoms with E-state index in [0.717, 1.165) is 11.6 Å². The third-order valence-electron chi connectivity index (χ3n) is 5.33. The maximum atomic E-state index is 14.5. The second-order valence-electron chi connectivity index (χ2n) is 7.67. The monoisotopic (exact) mass is 520 g/mol. The van der Waals surface area contributed by atoms with E-state index in [1.807, 2.05) is 18.2 Å². The molecule has 4 rings (SSSR count). The third-order valence-corrected chi connectivity index (χ3v) is 5.33. The molecule has 1 aromatic heterocycles. The second kappa shape index (κ2) is 13.9. The smallest absolute Gasteiger partial charge is 0.545 e. The zero-order chi connectivity index (χ0) is 24.9. The van der Waals surface area contributed by atoms with E-state index in [0.29, 0.717) is 17.7 Å². The molecule has 0 saturated heterocycles. The van der Waals surface area contributed by atoms with E-state index in [1.54, 1.807) is 13.2 Å². The van der Waals surface area contributed by atoms with Crippen LogP contribution in [0.2, 0.25) is 0 Å². The summed E-state index contributed by atoms with van der Waals surface area (Å²) >= 11 is 0. The Balaban J connectivity index is 0.00000241. The van der Waals surface area contributed by atoms with Gasteiger partial charge in [-0.25, -0.2) is 4.39 Å². The molecule has 0 fully saturated rings. The fraction of sp³-hybridized carbons (Fsp3) is 0.154. The summed E-state index contributed by atoms with van der Waals surface area (Å²) in [6.45, 7) is -0.135. The quantitative estimate of drug-likeness (QED) is 0.165. The number of ether oxygens (including phenoxy) is 2. The van der Waals surface area contributed by atoms with Gasteiger partial charge in [-0.2, -0.15) is 0 Å². The summed E-state index contributed by atoms with van der Waals surface area (Å²) in [6, 6.07) is 15.3. The molecule has 0 bridgehead atoms. The molecule has 0 radical (unpaired) electrons. The van der Waals surface area contributed by atoms with Crippen LogP contribution in [0.5, 0.6) is 11.5 Å². The van der Waals surface area contributed by atoms with Crippen LogP contribution in [-0.2, 0) is 13.0 Å². The van der Waals surface area contributed by atoms with Crippen molar-refractivity contribution in [1.82, 2.24) is 9.97 Å². The molecular weight excluding hydrogens is 501 g/mol. The van der Waals surface area contributed by atoms with Gasteiger partial charge in [0.05, 0.1) is 18.5 Å². The number of hydrogen-bond acceptors (Lipinski definition) is 7. The van der Waals surface area contributed by atoms with Crippen molar-refractivity contribution in [2.24, 2.45) is 0 Å². The zero-order valence-corrected chi connectivity index (χ0v) is 24.6. The van der Waals surface area contributed by atoms with Crippen molar-refractivity contribution in [2.75, 3.05) is 7.11 Å². The van der Waals surface area contributed by atoms with Crippen molar-refractivity contribution < 1.29 is 87.7 Å². The van der Waals surface area contributed by atoms with Crippen LogP contribution in [0.4, 0.5) is 4.39 Å². The van der Waals surface area contributed by atoms with Gasteiger partial charge in [-0.1, -0.05) is 42.5 Å². The molecule has 8 nitrogen and oxygen atoms in total. The molecule has 4 aromatic rings. The van der Waals surface area contributed by atoms with Gasteiger partial charge < -0.3 is 29.3 Å². The Morgan fingerprint density at radius 2 is 1.76 bits per heavy atom. The number of carbonyl (C=O) groups is 2. The molecule has 0 saturated carbocycles. The second-order valence-corrected chi connectivity index (χ2v) is 7.67. The Morgan fingerprint density at radius 3 is 2.43 bits per heavy atom. The van der Waals surface area contributed by atoms with Crippen LogP contribution < -0.4 is 84.2 Å². The number of fused-ring (bicyclic) bond motifs is 1. The number of Topliss-reactive ketones (excluding diaryl/α,β-unsaturated/α-hetero) is 1. The Kier molecular flexibility index (Phi) is 11.5. The maximum absolute atomic E-state index is 14.5. The van der Waals surface area contributed by atoms with Gasteiger partial charge in [-0.3, -0.25) is 9.59 Å². The van der Waals surface area contributed by atoms with E-state index >= 15 is 0 Å². The molecule has 0 aliphatic heterocycles. The minimum atomic E-state index is -1.32. The molecule has 3 aromatic carbocycles. The van der Waals surface area contributed by atoms with Crippen LogP contribution >= 0.6 is 0 Å². The predicted molar refractivity (Wildman–Crippen MR) is 122 cm³/mol. The van der Waals surface area contributed by atoms with Crippen molar-refractivity contribution in [3.8, 4) is 11.5 Å². The number of aryl methyl sites for hydroxylation is 1. The number of aromatic carboxylic acids is 1. The number of aromatic nitrogens is 2. The fourth-order valence-electron chi connectivity index (χ4n) is 3.49. The first-order valence-electron chi connectivity index (χ1n) is 10.6. The number of carboxylic acid groups (broad SMARTS) is 1. The molecule has 178 valence electrons. The SMILES string of the molecule is COc1cccc(CCC(=O)c2nc3ccc(F)c(OCc4ccc(C(=O)[O-])cc4)c3c(=O)[n-]2)c1.[Na+].[Na+]. The number of hydrogen-bond donors (Lipinski definition) is 0. The summed E-state index contributed by atoms with van der Waals surface area (Å²) in [4.78, 5) is 44.2. The van der Waals surface area contributed by atoms with E-state index < -0.39 is 23.1 Å². The zero-order valence-electron chi connectivity index (χ0n) is 20.6. The molecule has 11 heteroatoms. The molecule has 0 unspecified atom stereocenters. The topological polar surface area (TPSA) is 120 Å². The Labute approximate surface area is 255 Å². The summed E-state index contributed by atoms with van der Waals surface area (Å²) in [7, 11) is 1.55. The van der Waals surface area contributed by atoms with Crippen molar-refractivity contribution >= 4 is 22.7 Å². The normalized spacial score (nSPS) is 10.2. The molecule has 0 aliphatic carbocycles. The number of ketones is 1.